The van der Waals surface area contributed by atoms with Crippen molar-refractivity contribution < 1.29 is 9.32 Å². The van der Waals surface area contributed by atoms with Gasteiger partial charge in [0.15, 0.2) is 5.82 Å². The Morgan fingerprint density at radius 3 is 2.74 bits per heavy atom. The lowest BCUT2D eigenvalue weighted by Crippen LogP contribution is -2.59. The third-order valence-corrected chi connectivity index (χ3v) is 4.66. The summed E-state index contributed by atoms with van der Waals surface area (Å²) in [7, 11) is 0. The molecule has 2 saturated carbocycles. The van der Waals surface area contributed by atoms with Crippen LogP contribution in [0.15, 0.2) is 10.6 Å². The van der Waals surface area contributed by atoms with Crippen LogP contribution in [0.4, 0.5) is 10.6 Å². The number of carbonyl (C=O) groups excluding carboxylic acids is 1. The van der Waals surface area contributed by atoms with Gasteiger partial charge in [-0.3, -0.25) is 5.32 Å². The summed E-state index contributed by atoms with van der Waals surface area (Å²) in [6.07, 6.45) is 6.20. The molecular formula is C14H21N3O2. The minimum atomic E-state index is -0.167. The van der Waals surface area contributed by atoms with Gasteiger partial charge in [0, 0.05) is 18.0 Å². The first-order valence-corrected chi connectivity index (χ1v) is 7.13. The van der Waals surface area contributed by atoms with Crippen LogP contribution in [0.3, 0.4) is 0 Å². The van der Waals surface area contributed by atoms with Crippen molar-refractivity contribution in [2.24, 2.45) is 5.41 Å². The molecule has 1 aromatic rings. The standard InChI is InChI=1S/C14H21N3O2/c1-9(2)10-8-12(17-19-10)16-13(18)15-11-4-7-14(11)5-3-6-14/h8-9,11H,3-7H2,1-2H3,(H2,15,16,17,18). The summed E-state index contributed by atoms with van der Waals surface area (Å²) in [6, 6.07) is 1.96. The van der Waals surface area contributed by atoms with Crippen molar-refractivity contribution in [3.05, 3.63) is 11.8 Å². The van der Waals surface area contributed by atoms with Crippen molar-refractivity contribution in [2.45, 2.75) is 57.9 Å². The molecule has 5 heteroatoms. The fraction of sp³-hybridized carbons (Fsp3) is 0.714. The number of aromatic nitrogens is 1. The summed E-state index contributed by atoms with van der Waals surface area (Å²) in [5, 5.41) is 9.66. The van der Waals surface area contributed by atoms with E-state index in [1.54, 1.807) is 6.07 Å². The predicted octanol–water partition coefficient (Wildman–Crippen LogP) is 3.25. The van der Waals surface area contributed by atoms with Crippen LogP contribution < -0.4 is 10.6 Å². The Bertz CT molecular complexity index is 471. The first-order valence-electron chi connectivity index (χ1n) is 7.13. The van der Waals surface area contributed by atoms with Gasteiger partial charge in [-0.05, 0) is 31.1 Å². The van der Waals surface area contributed by atoms with Crippen LogP contribution >= 0.6 is 0 Å². The topological polar surface area (TPSA) is 67.2 Å². The van der Waals surface area contributed by atoms with E-state index in [-0.39, 0.29) is 11.9 Å². The lowest BCUT2D eigenvalue weighted by Gasteiger charge is -2.56. The number of urea groups is 1. The van der Waals surface area contributed by atoms with E-state index in [0.29, 0.717) is 17.3 Å². The second-order valence-electron chi connectivity index (χ2n) is 6.17. The lowest BCUT2D eigenvalue weighted by molar-refractivity contribution is -0.0105. The number of hydrogen-bond acceptors (Lipinski definition) is 3. The molecule has 0 bridgehead atoms. The molecule has 0 saturated heterocycles. The number of anilines is 1. The number of carbonyl (C=O) groups is 1. The van der Waals surface area contributed by atoms with E-state index >= 15 is 0 Å². The zero-order chi connectivity index (χ0) is 13.5. The van der Waals surface area contributed by atoms with Crippen LogP contribution in [0.25, 0.3) is 0 Å². The molecule has 0 aliphatic heterocycles. The Labute approximate surface area is 113 Å². The summed E-state index contributed by atoms with van der Waals surface area (Å²) in [5.74, 6) is 1.55. The molecule has 0 radical (unpaired) electrons. The van der Waals surface area contributed by atoms with Crippen LogP contribution in [0.1, 0.15) is 57.6 Å². The number of nitrogens with one attached hydrogen (secondary N) is 2. The number of hydrogen-bond donors (Lipinski definition) is 2. The average molecular weight is 263 g/mol. The van der Waals surface area contributed by atoms with Crippen molar-refractivity contribution >= 4 is 11.8 Å². The quantitative estimate of drug-likeness (QED) is 0.879. The minimum Gasteiger partial charge on any atom is -0.359 e. The van der Waals surface area contributed by atoms with Crippen molar-refractivity contribution in [1.29, 1.82) is 0 Å². The molecule has 0 aromatic carbocycles. The van der Waals surface area contributed by atoms with Crippen molar-refractivity contribution in [2.75, 3.05) is 5.32 Å². The molecule has 2 fully saturated rings. The normalized spacial score (nSPS) is 23.8. The molecule has 5 nitrogen and oxygen atoms in total. The average Bonchev–Trinajstić information content (AvgIpc) is 2.71. The summed E-state index contributed by atoms with van der Waals surface area (Å²) < 4.78 is 5.15. The van der Waals surface area contributed by atoms with E-state index in [4.69, 9.17) is 4.52 Å². The molecule has 2 aliphatic rings. The lowest BCUT2D eigenvalue weighted by atomic mass is 9.53. The Hall–Kier alpha value is -1.52. The molecule has 1 unspecified atom stereocenters. The van der Waals surface area contributed by atoms with Gasteiger partial charge in [0.25, 0.3) is 0 Å². The summed E-state index contributed by atoms with van der Waals surface area (Å²) in [4.78, 5) is 11.9. The van der Waals surface area contributed by atoms with E-state index in [1.807, 2.05) is 13.8 Å². The second-order valence-corrected chi connectivity index (χ2v) is 6.17. The van der Waals surface area contributed by atoms with E-state index in [9.17, 15) is 4.79 Å². The first kappa shape index (κ1) is 12.5. The van der Waals surface area contributed by atoms with Crippen molar-refractivity contribution in [3.8, 4) is 0 Å². The van der Waals surface area contributed by atoms with Crippen LogP contribution in [-0.2, 0) is 0 Å². The SMILES string of the molecule is CC(C)c1cc(NC(=O)NC2CCC23CCC3)no1. The Morgan fingerprint density at radius 2 is 2.26 bits per heavy atom. The van der Waals surface area contributed by atoms with E-state index < -0.39 is 0 Å². The molecule has 1 heterocycles. The van der Waals surface area contributed by atoms with Gasteiger partial charge in [-0.1, -0.05) is 25.4 Å². The van der Waals surface area contributed by atoms with Crippen molar-refractivity contribution in [1.82, 2.24) is 10.5 Å². The fourth-order valence-corrected chi connectivity index (χ4v) is 3.08. The molecular weight excluding hydrogens is 242 g/mol. The summed E-state index contributed by atoms with van der Waals surface area (Å²) in [5.41, 5.74) is 0.421. The number of rotatable bonds is 3. The molecule has 2 N–H and O–H groups in total. The molecule has 1 atom stereocenters. The molecule has 104 valence electrons. The van der Waals surface area contributed by atoms with Crippen LogP contribution in [0, 0.1) is 5.41 Å². The Balaban J connectivity index is 1.53. The highest BCUT2D eigenvalue weighted by molar-refractivity contribution is 5.88. The molecule has 3 rings (SSSR count). The second kappa shape index (κ2) is 4.54. The molecule has 1 aromatic heterocycles. The van der Waals surface area contributed by atoms with Crippen LogP contribution in [-0.4, -0.2) is 17.2 Å². The first-order chi connectivity index (χ1) is 9.09. The largest absolute Gasteiger partial charge is 0.359 e. The zero-order valence-electron chi connectivity index (χ0n) is 11.5. The zero-order valence-corrected chi connectivity index (χ0v) is 11.5. The third-order valence-electron chi connectivity index (χ3n) is 4.66. The van der Waals surface area contributed by atoms with E-state index in [1.165, 1.54) is 25.7 Å². The molecule has 2 amide bonds. The molecule has 2 aliphatic carbocycles. The van der Waals surface area contributed by atoms with Gasteiger partial charge in [0.2, 0.25) is 0 Å². The maximum Gasteiger partial charge on any atom is 0.320 e. The third kappa shape index (κ3) is 2.22. The highest BCUT2D eigenvalue weighted by Crippen LogP contribution is 2.55. The maximum absolute atomic E-state index is 11.9. The monoisotopic (exact) mass is 263 g/mol. The number of amides is 2. The highest BCUT2D eigenvalue weighted by Gasteiger charge is 2.51. The highest BCUT2D eigenvalue weighted by atomic mass is 16.5. The van der Waals surface area contributed by atoms with Gasteiger partial charge in [0.1, 0.15) is 5.76 Å². The number of nitrogens with zero attached hydrogens (tertiary/aromatic N) is 1. The van der Waals surface area contributed by atoms with E-state index in [2.05, 4.69) is 15.8 Å². The Kier molecular flexibility index (Phi) is 2.99. The fourth-order valence-electron chi connectivity index (χ4n) is 3.08. The van der Waals surface area contributed by atoms with Gasteiger partial charge in [-0.25, -0.2) is 4.79 Å². The molecule has 19 heavy (non-hydrogen) atoms. The van der Waals surface area contributed by atoms with Crippen LogP contribution in [0.5, 0.6) is 0 Å². The van der Waals surface area contributed by atoms with E-state index in [0.717, 1.165) is 12.2 Å². The predicted molar refractivity (Wildman–Crippen MR) is 72.1 cm³/mol. The Morgan fingerprint density at radius 1 is 1.47 bits per heavy atom. The van der Waals surface area contributed by atoms with Gasteiger partial charge < -0.3 is 9.84 Å². The maximum atomic E-state index is 11.9. The van der Waals surface area contributed by atoms with Crippen LogP contribution in [0.2, 0.25) is 0 Å². The molecule has 1 spiro atoms. The smallest absolute Gasteiger partial charge is 0.320 e. The minimum absolute atomic E-state index is 0.167. The van der Waals surface area contributed by atoms with Gasteiger partial charge in [0.05, 0.1) is 0 Å². The van der Waals surface area contributed by atoms with Gasteiger partial charge >= 0.3 is 6.03 Å². The summed E-state index contributed by atoms with van der Waals surface area (Å²) in [6.45, 7) is 4.05. The summed E-state index contributed by atoms with van der Waals surface area (Å²) >= 11 is 0. The van der Waals surface area contributed by atoms with Gasteiger partial charge in [-0.15, -0.1) is 0 Å². The van der Waals surface area contributed by atoms with Crippen molar-refractivity contribution in [3.63, 3.8) is 0 Å². The van der Waals surface area contributed by atoms with Gasteiger partial charge in [-0.2, -0.15) is 0 Å².